The van der Waals surface area contributed by atoms with Crippen LogP contribution in [0.1, 0.15) is 5.56 Å². The minimum absolute atomic E-state index is 0.194. The van der Waals surface area contributed by atoms with Gasteiger partial charge in [-0.1, -0.05) is 11.6 Å². The second-order valence-corrected chi connectivity index (χ2v) is 2.86. The Kier molecular flexibility index (Phi) is 3.66. The number of ether oxygens (including phenoxy) is 1. The number of hydrogen-bond donors (Lipinski definition) is 0. The fourth-order valence-corrected chi connectivity index (χ4v) is 1.05. The van der Waals surface area contributed by atoms with Crippen LogP contribution in [0.4, 0.5) is 8.78 Å². The highest BCUT2D eigenvalue weighted by Gasteiger charge is 2.05. The minimum atomic E-state index is -2.52. The van der Waals surface area contributed by atoms with Crippen LogP contribution in [0.5, 0.6) is 5.75 Å². The van der Waals surface area contributed by atoms with E-state index < -0.39 is 13.0 Å². The molecule has 0 heterocycles. The molecule has 0 bridgehead atoms. The van der Waals surface area contributed by atoms with Gasteiger partial charge in [-0.2, -0.15) is 5.26 Å². The molecule has 14 heavy (non-hydrogen) atoms. The van der Waals surface area contributed by atoms with Gasteiger partial charge < -0.3 is 4.74 Å². The summed E-state index contributed by atoms with van der Waals surface area (Å²) in [4.78, 5) is 0. The van der Waals surface area contributed by atoms with Gasteiger partial charge in [0.2, 0.25) is 0 Å². The summed E-state index contributed by atoms with van der Waals surface area (Å²) in [5.74, 6) is 0.231. The lowest BCUT2D eigenvalue weighted by molar-refractivity contribution is 0.0819. The normalized spacial score (nSPS) is 9.93. The van der Waals surface area contributed by atoms with Crippen LogP contribution in [-0.2, 0) is 0 Å². The number of halogens is 3. The molecule has 0 saturated heterocycles. The van der Waals surface area contributed by atoms with Gasteiger partial charge >= 0.3 is 0 Å². The first-order valence-corrected chi connectivity index (χ1v) is 4.12. The molecule has 0 amide bonds. The Morgan fingerprint density at radius 2 is 2.21 bits per heavy atom. The molecule has 0 aliphatic heterocycles. The molecule has 0 atom stereocenters. The lowest BCUT2D eigenvalue weighted by atomic mass is 10.2. The number of benzene rings is 1. The van der Waals surface area contributed by atoms with E-state index in [2.05, 4.69) is 0 Å². The summed E-state index contributed by atoms with van der Waals surface area (Å²) >= 11 is 5.65. The molecule has 1 aromatic rings. The Morgan fingerprint density at radius 3 is 2.71 bits per heavy atom. The predicted octanol–water partition coefficient (Wildman–Crippen LogP) is 2.86. The molecule has 0 aromatic heterocycles. The zero-order valence-corrected chi connectivity index (χ0v) is 7.76. The van der Waals surface area contributed by atoms with Crippen molar-refractivity contribution in [1.82, 2.24) is 0 Å². The third-order valence-corrected chi connectivity index (χ3v) is 1.75. The summed E-state index contributed by atoms with van der Waals surface area (Å²) in [6.45, 7) is -0.678. The van der Waals surface area contributed by atoms with Crippen LogP contribution in [0.2, 0.25) is 5.02 Å². The highest BCUT2D eigenvalue weighted by molar-refractivity contribution is 6.31. The van der Waals surface area contributed by atoms with Gasteiger partial charge in [0, 0.05) is 6.07 Å². The lowest BCUT2D eigenvalue weighted by Gasteiger charge is -2.05. The van der Waals surface area contributed by atoms with Crippen molar-refractivity contribution in [2.24, 2.45) is 0 Å². The van der Waals surface area contributed by atoms with Crippen LogP contribution >= 0.6 is 11.6 Å². The van der Waals surface area contributed by atoms with E-state index in [0.29, 0.717) is 0 Å². The topological polar surface area (TPSA) is 33.0 Å². The van der Waals surface area contributed by atoms with Crippen molar-refractivity contribution in [2.75, 3.05) is 6.61 Å². The van der Waals surface area contributed by atoms with Gasteiger partial charge in [0.1, 0.15) is 18.4 Å². The first-order chi connectivity index (χ1) is 6.63. The second-order valence-electron chi connectivity index (χ2n) is 2.46. The molecule has 0 aliphatic carbocycles. The Hall–Kier alpha value is -1.34. The van der Waals surface area contributed by atoms with Crippen molar-refractivity contribution >= 4 is 11.6 Å². The van der Waals surface area contributed by atoms with Crippen molar-refractivity contribution in [1.29, 1.82) is 5.26 Å². The van der Waals surface area contributed by atoms with E-state index in [0.717, 1.165) is 0 Å². The number of nitrogens with zero attached hydrogens (tertiary/aromatic N) is 1. The Morgan fingerprint density at radius 1 is 1.50 bits per heavy atom. The summed E-state index contributed by atoms with van der Waals surface area (Å²) in [6, 6.07) is 6.03. The molecule has 0 aliphatic rings. The van der Waals surface area contributed by atoms with Crippen LogP contribution in [0.25, 0.3) is 0 Å². The highest BCUT2D eigenvalue weighted by Crippen LogP contribution is 2.22. The molecule has 0 saturated carbocycles. The van der Waals surface area contributed by atoms with Crippen molar-refractivity contribution in [2.45, 2.75) is 6.43 Å². The van der Waals surface area contributed by atoms with Crippen LogP contribution in [0.15, 0.2) is 18.2 Å². The third-order valence-electron chi connectivity index (χ3n) is 1.44. The fourth-order valence-electron chi connectivity index (χ4n) is 0.836. The van der Waals surface area contributed by atoms with Crippen LogP contribution in [0, 0.1) is 11.3 Å². The van der Waals surface area contributed by atoms with E-state index in [-0.39, 0.29) is 16.3 Å². The van der Waals surface area contributed by atoms with Gasteiger partial charge in [0.05, 0.1) is 10.6 Å². The number of nitriles is 1. The van der Waals surface area contributed by atoms with Gasteiger partial charge in [-0.3, -0.25) is 0 Å². The molecule has 0 unspecified atom stereocenters. The summed E-state index contributed by atoms with van der Waals surface area (Å²) in [5.41, 5.74) is 0.288. The molecule has 0 radical (unpaired) electrons. The Labute approximate surface area is 84.7 Å². The van der Waals surface area contributed by atoms with E-state index in [1.165, 1.54) is 18.2 Å². The maximum atomic E-state index is 11.8. The van der Waals surface area contributed by atoms with Crippen molar-refractivity contribution in [3.63, 3.8) is 0 Å². The standard InChI is InChI=1S/C9H6ClF2NO/c10-8-3-7(14-5-9(11)12)2-1-6(8)4-13/h1-3,9H,5H2. The Balaban J connectivity index is 2.73. The van der Waals surface area contributed by atoms with E-state index in [1.807, 2.05) is 6.07 Å². The largest absolute Gasteiger partial charge is 0.488 e. The van der Waals surface area contributed by atoms with Crippen molar-refractivity contribution < 1.29 is 13.5 Å². The van der Waals surface area contributed by atoms with Crippen LogP contribution < -0.4 is 4.74 Å². The summed E-state index contributed by atoms with van der Waals surface area (Å²) in [7, 11) is 0. The van der Waals surface area contributed by atoms with E-state index >= 15 is 0 Å². The maximum Gasteiger partial charge on any atom is 0.272 e. The molecule has 1 rings (SSSR count). The molecule has 1 aromatic carbocycles. The first-order valence-electron chi connectivity index (χ1n) is 3.74. The molecule has 2 nitrogen and oxygen atoms in total. The molecule has 74 valence electrons. The van der Waals surface area contributed by atoms with Gasteiger partial charge in [0.15, 0.2) is 0 Å². The van der Waals surface area contributed by atoms with Crippen LogP contribution in [-0.4, -0.2) is 13.0 Å². The summed E-state index contributed by atoms with van der Waals surface area (Å²) < 4.78 is 28.2. The van der Waals surface area contributed by atoms with Gasteiger partial charge in [-0.15, -0.1) is 0 Å². The molecule has 5 heteroatoms. The monoisotopic (exact) mass is 217 g/mol. The maximum absolute atomic E-state index is 11.8. The zero-order valence-electron chi connectivity index (χ0n) is 7.01. The lowest BCUT2D eigenvalue weighted by Crippen LogP contribution is -2.06. The molecule has 0 N–H and O–H groups in total. The predicted molar refractivity (Wildman–Crippen MR) is 47.7 cm³/mol. The highest BCUT2D eigenvalue weighted by atomic mass is 35.5. The van der Waals surface area contributed by atoms with Crippen molar-refractivity contribution in [3.05, 3.63) is 28.8 Å². The van der Waals surface area contributed by atoms with Gasteiger partial charge in [0.25, 0.3) is 6.43 Å². The van der Waals surface area contributed by atoms with E-state index in [4.69, 9.17) is 21.6 Å². The third kappa shape index (κ3) is 2.86. The fraction of sp³-hybridized carbons (Fsp3) is 0.222. The number of alkyl halides is 2. The number of rotatable bonds is 3. The molecular formula is C9H6ClF2NO. The SMILES string of the molecule is N#Cc1ccc(OCC(F)F)cc1Cl. The zero-order chi connectivity index (χ0) is 10.6. The molecular weight excluding hydrogens is 212 g/mol. The smallest absolute Gasteiger partial charge is 0.272 e. The first kappa shape index (κ1) is 10.7. The summed E-state index contributed by atoms with van der Waals surface area (Å²) in [6.07, 6.45) is -2.52. The average molecular weight is 218 g/mol. The molecule has 0 fully saturated rings. The van der Waals surface area contributed by atoms with Gasteiger partial charge in [-0.25, -0.2) is 8.78 Å². The quantitative estimate of drug-likeness (QED) is 0.780. The van der Waals surface area contributed by atoms with Crippen molar-refractivity contribution in [3.8, 4) is 11.8 Å². The van der Waals surface area contributed by atoms with Gasteiger partial charge in [-0.05, 0) is 12.1 Å². The molecule has 0 spiro atoms. The summed E-state index contributed by atoms with van der Waals surface area (Å²) in [5, 5.41) is 8.73. The van der Waals surface area contributed by atoms with E-state index in [1.54, 1.807) is 0 Å². The van der Waals surface area contributed by atoms with Crippen LogP contribution in [0.3, 0.4) is 0 Å². The van der Waals surface area contributed by atoms with E-state index in [9.17, 15) is 8.78 Å². The Bertz CT molecular complexity index is 362. The second kappa shape index (κ2) is 4.77. The minimum Gasteiger partial charge on any atom is -0.488 e. The average Bonchev–Trinajstić information content (AvgIpc) is 2.15. The number of hydrogen-bond acceptors (Lipinski definition) is 2.